The summed E-state index contributed by atoms with van der Waals surface area (Å²) in [4.78, 5) is 14.1. The van der Waals surface area contributed by atoms with Crippen LogP contribution in [0.2, 0.25) is 0 Å². The van der Waals surface area contributed by atoms with Crippen molar-refractivity contribution in [2.75, 3.05) is 13.2 Å². The molecule has 0 saturated heterocycles. The van der Waals surface area contributed by atoms with Crippen LogP contribution in [0.25, 0.3) is 16.9 Å². The van der Waals surface area contributed by atoms with Gasteiger partial charge in [-0.15, -0.1) is 0 Å². The lowest BCUT2D eigenvalue weighted by atomic mass is 10.1. The van der Waals surface area contributed by atoms with E-state index in [1.54, 1.807) is 6.07 Å². The van der Waals surface area contributed by atoms with E-state index in [-0.39, 0.29) is 19.0 Å². The number of allylic oxidation sites excluding steroid dienone is 2. The molecule has 0 radical (unpaired) electrons. The molecule has 0 saturated carbocycles. The van der Waals surface area contributed by atoms with Crippen molar-refractivity contribution in [3.63, 3.8) is 0 Å². The third-order valence-corrected chi connectivity index (χ3v) is 4.33. The van der Waals surface area contributed by atoms with Gasteiger partial charge in [-0.2, -0.15) is 5.10 Å². The normalized spacial score (nSPS) is 12.3. The van der Waals surface area contributed by atoms with Crippen molar-refractivity contribution >= 4 is 12.1 Å². The summed E-state index contributed by atoms with van der Waals surface area (Å²) in [7, 11) is 0. The first kappa shape index (κ1) is 24.4. The molecule has 0 spiro atoms. The van der Waals surface area contributed by atoms with E-state index >= 15 is 0 Å². The van der Waals surface area contributed by atoms with Crippen LogP contribution in [-0.2, 0) is 4.79 Å². The summed E-state index contributed by atoms with van der Waals surface area (Å²) < 4.78 is 7.31. The summed E-state index contributed by atoms with van der Waals surface area (Å²) in [6.45, 7) is 3.68. The van der Waals surface area contributed by atoms with Gasteiger partial charge in [0.05, 0.1) is 23.7 Å². The number of amides is 1. The van der Waals surface area contributed by atoms with Crippen LogP contribution in [-0.4, -0.2) is 50.5 Å². The zero-order chi connectivity index (χ0) is 23.5. The molecule has 2 heterocycles. The molecule has 1 aromatic carbocycles. The van der Waals surface area contributed by atoms with Gasteiger partial charge in [0, 0.05) is 5.56 Å². The topological polar surface area (TPSA) is 161 Å². The minimum Gasteiger partial charge on any atom is -0.491 e. The highest BCUT2D eigenvalue weighted by Gasteiger charge is 2.09. The van der Waals surface area contributed by atoms with Crippen LogP contribution >= 0.6 is 0 Å². The first-order valence-electron chi connectivity index (χ1n) is 9.79. The molecular weight excluding hydrogens is 412 g/mol. The Morgan fingerprint density at radius 1 is 1.31 bits per heavy atom. The summed E-state index contributed by atoms with van der Waals surface area (Å²) in [6, 6.07) is 11.3. The molecule has 7 N–H and O–H groups in total. The molecule has 0 aliphatic heterocycles. The highest BCUT2D eigenvalue weighted by Crippen LogP contribution is 2.23. The number of aromatic nitrogens is 3. The third-order valence-electron chi connectivity index (χ3n) is 4.33. The number of hydrogen-bond acceptors (Lipinski definition) is 8. The second-order valence-corrected chi connectivity index (χ2v) is 6.72. The van der Waals surface area contributed by atoms with E-state index < -0.39 is 6.10 Å². The molecule has 1 unspecified atom stereocenters. The summed E-state index contributed by atoms with van der Waals surface area (Å²) in [6.07, 6.45) is 3.93. The van der Waals surface area contributed by atoms with Gasteiger partial charge >= 0.3 is 0 Å². The van der Waals surface area contributed by atoms with Crippen molar-refractivity contribution in [3.05, 3.63) is 72.0 Å². The lowest BCUT2D eigenvalue weighted by Crippen LogP contribution is -2.21. The molecule has 0 fully saturated rings. The van der Waals surface area contributed by atoms with Crippen LogP contribution in [0, 0.1) is 13.8 Å². The number of carbonyl (C=O) groups excluding carboxylic acids is 1. The van der Waals surface area contributed by atoms with Crippen LogP contribution in [0.1, 0.15) is 11.4 Å². The number of aliphatic hydroxyl groups is 2. The van der Waals surface area contributed by atoms with Gasteiger partial charge in [-0.1, -0.05) is 12.1 Å². The lowest BCUT2D eigenvalue weighted by molar-refractivity contribution is -0.108. The fourth-order valence-electron chi connectivity index (χ4n) is 2.57. The Bertz CT molecular complexity index is 1090. The molecule has 0 aliphatic rings. The maximum atomic E-state index is 9.69. The number of ether oxygens (including phenoxy) is 1. The molecule has 3 rings (SSSR count). The highest BCUT2D eigenvalue weighted by atomic mass is 16.5. The number of aliphatic hydroxyl groups excluding tert-OH is 2. The second kappa shape index (κ2) is 12.1. The Labute approximate surface area is 185 Å². The van der Waals surface area contributed by atoms with Gasteiger partial charge in [0.15, 0.2) is 5.65 Å². The smallest absolute Gasteiger partial charge is 0.212 e. The summed E-state index contributed by atoms with van der Waals surface area (Å²) >= 11 is 0. The number of rotatable bonds is 8. The second-order valence-electron chi connectivity index (χ2n) is 6.72. The molecule has 3 aromatic rings. The molecule has 0 aliphatic carbocycles. The Morgan fingerprint density at radius 3 is 2.78 bits per heavy atom. The van der Waals surface area contributed by atoms with E-state index in [1.165, 1.54) is 18.4 Å². The monoisotopic (exact) mass is 440 g/mol. The van der Waals surface area contributed by atoms with Crippen molar-refractivity contribution in [2.45, 2.75) is 20.0 Å². The molecule has 32 heavy (non-hydrogen) atoms. The van der Waals surface area contributed by atoms with Gasteiger partial charge in [-0.05, 0) is 56.5 Å². The Hall–Kier alpha value is -3.89. The van der Waals surface area contributed by atoms with Crippen LogP contribution < -0.4 is 21.5 Å². The average molecular weight is 441 g/mol. The number of nitrogens with zero attached hydrogens (tertiary/aromatic N) is 3. The molecule has 0 bridgehead atoms. The van der Waals surface area contributed by atoms with E-state index in [0.29, 0.717) is 12.2 Å². The summed E-state index contributed by atoms with van der Waals surface area (Å²) in [5.41, 5.74) is 14.7. The number of fused-ring (bicyclic) bond motifs is 1. The average Bonchev–Trinajstić information content (AvgIpc) is 3.09. The van der Waals surface area contributed by atoms with Crippen LogP contribution in [0.15, 0.2) is 60.6 Å². The molecule has 2 aromatic heterocycles. The molecule has 10 nitrogen and oxygen atoms in total. The van der Waals surface area contributed by atoms with Crippen LogP contribution in [0.4, 0.5) is 0 Å². The van der Waals surface area contributed by atoms with Gasteiger partial charge in [0.1, 0.15) is 24.3 Å². The van der Waals surface area contributed by atoms with Crippen molar-refractivity contribution in [1.82, 2.24) is 19.9 Å². The number of aryl methyl sites for hydroxylation is 2. The number of imidazole rings is 1. The van der Waals surface area contributed by atoms with Crippen molar-refractivity contribution < 1.29 is 19.7 Å². The lowest BCUT2D eigenvalue weighted by Gasteiger charge is -2.11. The van der Waals surface area contributed by atoms with Crippen LogP contribution in [0.5, 0.6) is 5.75 Å². The number of hydrogen-bond donors (Lipinski definition) is 5. The Balaban J connectivity index is 0.000000344. The Morgan fingerprint density at radius 2 is 2.09 bits per heavy atom. The van der Waals surface area contributed by atoms with E-state index in [4.69, 9.17) is 21.3 Å². The van der Waals surface area contributed by atoms with Crippen molar-refractivity contribution in [1.29, 1.82) is 0 Å². The number of nitrogens with one attached hydrogen (secondary N) is 1. The number of carbonyl (C=O) groups is 1. The molecule has 1 amide bonds. The minimum atomic E-state index is -0.885. The zero-order valence-corrected chi connectivity index (χ0v) is 18.0. The Kier molecular flexibility index (Phi) is 9.21. The van der Waals surface area contributed by atoms with Gasteiger partial charge < -0.3 is 31.7 Å². The van der Waals surface area contributed by atoms with Gasteiger partial charge in [-0.3, -0.25) is 4.79 Å². The van der Waals surface area contributed by atoms with E-state index in [2.05, 4.69) is 15.4 Å². The molecule has 1 atom stereocenters. The highest BCUT2D eigenvalue weighted by molar-refractivity contribution is 5.62. The predicted octanol–water partition coefficient (Wildman–Crippen LogP) is 0.750. The zero-order valence-electron chi connectivity index (χ0n) is 18.0. The first-order chi connectivity index (χ1) is 15.4. The van der Waals surface area contributed by atoms with Gasteiger partial charge in [0.2, 0.25) is 6.41 Å². The quantitative estimate of drug-likeness (QED) is 0.253. The molecule has 10 heteroatoms. The maximum Gasteiger partial charge on any atom is 0.212 e. The number of nitrogens with two attached hydrogens (primary N) is 2. The maximum absolute atomic E-state index is 9.69. The fourth-order valence-corrected chi connectivity index (χ4v) is 2.57. The van der Waals surface area contributed by atoms with Gasteiger partial charge in [0.25, 0.3) is 0 Å². The standard InChI is InChI=1S/C17H19N3O3.C5H9N3O/c1-11-12(2)20-17(18-11)7-6-16(19-20)13-4-3-5-15(8-13)23-10-14(22)9-21;6-3-1-2-5(7)8-4-9/h3-8,14,21-22H,9-10H2,1-2H3;1-4H,6-7H2,(H,8,9)/b;3-1-,5-2+. The first-order valence-corrected chi connectivity index (χ1v) is 9.79. The minimum absolute atomic E-state index is 0.0479. The van der Waals surface area contributed by atoms with Gasteiger partial charge in [-0.25, -0.2) is 9.50 Å². The van der Waals surface area contributed by atoms with E-state index in [9.17, 15) is 9.90 Å². The molecular formula is C22H28N6O4. The third kappa shape index (κ3) is 6.83. The van der Waals surface area contributed by atoms with E-state index in [1.807, 2.05) is 48.7 Å². The van der Waals surface area contributed by atoms with E-state index in [0.717, 1.165) is 28.3 Å². The van der Waals surface area contributed by atoms with Crippen molar-refractivity contribution in [2.24, 2.45) is 11.5 Å². The largest absolute Gasteiger partial charge is 0.491 e. The van der Waals surface area contributed by atoms with Crippen molar-refractivity contribution in [3.8, 4) is 17.0 Å². The summed E-state index contributed by atoms with van der Waals surface area (Å²) in [5.74, 6) is 0.891. The summed E-state index contributed by atoms with van der Waals surface area (Å²) in [5, 5.41) is 25.0. The van der Waals surface area contributed by atoms with Crippen LogP contribution in [0.3, 0.4) is 0 Å². The predicted molar refractivity (Wildman–Crippen MR) is 121 cm³/mol. The number of benzene rings is 1. The molecule has 170 valence electrons. The SMILES string of the molecule is Cc1nc2ccc(-c3cccc(OCC(O)CO)c3)nn2c1C.N/C=C\C=C(/N)NC=O. The fraction of sp³-hybridized carbons (Fsp3) is 0.227.